The Balaban J connectivity index is 1.77. The molecule has 1 heterocycles. The maximum Gasteiger partial charge on any atom is 0.246 e. The first-order valence-corrected chi connectivity index (χ1v) is 11.0. The van der Waals surface area contributed by atoms with Crippen molar-refractivity contribution in [1.82, 2.24) is 8.61 Å². The molecule has 0 atom stereocenters. The lowest BCUT2D eigenvalue weighted by atomic mass is 10.2. The number of nitrogens with zero attached hydrogens (tertiary/aromatic N) is 2. The lowest BCUT2D eigenvalue weighted by Gasteiger charge is -2.33. The Bertz CT molecular complexity index is 1050. The van der Waals surface area contributed by atoms with Crippen LogP contribution in [0.4, 0.5) is 8.78 Å². The molecule has 0 aromatic heterocycles. The minimum atomic E-state index is -4.18. The van der Waals surface area contributed by atoms with E-state index in [-0.39, 0.29) is 31.1 Å². The molecule has 1 aliphatic rings. The van der Waals surface area contributed by atoms with Crippen LogP contribution in [0.5, 0.6) is 0 Å². The highest BCUT2D eigenvalue weighted by Gasteiger charge is 2.34. The molecule has 6 nitrogen and oxygen atoms in total. The summed E-state index contributed by atoms with van der Waals surface area (Å²) >= 11 is 0. The van der Waals surface area contributed by atoms with Crippen LogP contribution in [0.15, 0.2) is 52.3 Å². The number of hydrogen-bond acceptors (Lipinski definition) is 4. The standard InChI is InChI=1S/C17H18F2N2O4S2/c1-13-2-5-15(6-3-13)26(22,23)20-8-10-21(11-9-20)27(24,25)17-7-4-14(18)12-16(17)19/h2-7,12H,8-11H2,1H3. The Hall–Kier alpha value is -1.88. The SMILES string of the molecule is Cc1ccc(S(=O)(=O)N2CCN(S(=O)(=O)c3ccc(F)cc3F)CC2)cc1. The topological polar surface area (TPSA) is 74.8 Å². The number of benzene rings is 2. The van der Waals surface area contributed by atoms with Gasteiger partial charge in [0.2, 0.25) is 20.0 Å². The van der Waals surface area contributed by atoms with Gasteiger partial charge in [0.15, 0.2) is 0 Å². The Morgan fingerprint density at radius 1 is 0.778 bits per heavy atom. The highest BCUT2D eigenvalue weighted by atomic mass is 32.2. The second kappa shape index (κ2) is 7.27. The predicted octanol–water partition coefficient (Wildman–Crippen LogP) is 1.97. The molecular weight excluding hydrogens is 398 g/mol. The van der Waals surface area contributed by atoms with Crippen LogP contribution in [0, 0.1) is 18.6 Å². The van der Waals surface area contributed by atoms with Gasteiger partial charge in [0.1, 0.15) is 16.5 Å². The molecular formula is C17H18F2N2O4S2. The van der Waals surface area contributed by atoms with Gasteiger partial charge in [0.05, 0.1) is 4.90 Å². The molecule has 0 saturated carbocycles. The second-order valence-electron chi connectivity index (χ2n) is 6.20. The van der Waals surface area contributed by atoms with Crippen molar-refractivity contribution in [3.8, 4) is 0 Å². The number of aryl methyl sites for hydroxylation is 1. The molecule has 0 N–H and O–H groups in total. The number of halogens is 2. The van der Waals surface area contributed by atoms with Gasteiger partial charge in [-0.1, -0.05) is 17.7 Å². The molecule has 1 fully saturated rings. The number of piperazine rings is 1. The highest BCUT2D eigenvalue weighted by molar-refractivity contribution is 7.89. The smallest absolute Gasteiger partial charge is 0.207 e. The van der Waals surface area contributed by atoms with E-state index in [1.165, 1.54) is 16.4 Å². The van der Waals surface area contributed by atoms with Crippen molar-refractivity contribution in [3.63, 3.8) is 0 Å². The fraction of sp³-hybridized carbons (Fsp3) is 0.294. The van der Waals surface area contributed by atoms with Crippen LogP contribution in [0.25, 0.3) is 0 Å². The zero-order valence-electron chi connectivity index (χ0n) is 14.5. The van der Waals surface area contributed by atoms with Gasteiger partial charge in [-0.2, -0.15) is 8.61 Å². The van der Waals surface area contributed by atoms with E-state index in [0.717, 1.165) is 22.0 Å². The van der Waals surface area contributed by atoms with E-state index >= 15 is 0 Å². The summed E-state index contributed by atoms with van der Waals surface area (Å²) in [5.41, 5.74) is 0.922. The normalized spacial score (nSPS) is 17.1. The minimum Gasteiger partial charge on any atom is -0.207 e. The second-order valence-corrected chi connectivity index (χ2v) is 10.0. The van der Waals surface area contributed by atoms with E-state index in [1.54, 1.807) is 12.1 Å². The molecule has 2 aromatic rings. The van der Waals surface area contributed by atoms with Crippen molar-refractivity contribution < 1.29 is 25.6 Å². The summed E-state index contributed by atoms with van der Waals surface area (Å²) in [6, 6.07) is 8.62. The molecule has 0 radical (unpaired) electrons. The van der Waals surface area contributed by atoms with Crippen molar-refractivity contribution >= 4 is 20.0 Å². The third kappa shape index (κ3) is 3.88. The molecule has 27 heavy (non-hydrogen) atoms. The van der Waals surface area contributed by atoms with Crippen LogP contribution in [-0.2, 0) is 20.0 Å². The van der Waals surface area contributed by atoms with E-state index < -0.39 is 36.6 Å². The zero-order valence-corrected chi connectivity index (χ0v) is 16.1. The molecule has 0 spiro atoms. The average molecular weight is 416 g/mol. The van der Waals surface area contributed by atoms with Gasteiger partial charge in [-0.15, -0.1) is 0 Å². The molecule has 0 amide bonds. The Kier molecular flexibility index (Phi) is 5.35. The van der Waals surface area contributed by atoms with Crippen LogP contribution in [0.2, 0.25) is 0 Å². The van der Waals surface area contributed by atoms with Gasteiger partial charge in [0.25, 0.3) is 0 Å². The Morgan fingerprint density at radius 3 is 1.81 bits per heavy atom. The molecule has 0 unspecified atom stereocenters. The van der Waals surface area contributed by atoms with E-state index in [9.17, 15) is 25.6 Å². The van der Waals surface area contributed by atoms with E-state index in [0.29, 0.717) is 6.07 Å². The summed E-state index contributed by atoms with van der Waals surface area (Å²) in [7, 11) is -7.92. The minimum absolute atomic E-state index is 0.0573. The molecule has 2 aromatic carbocycles. The highest BCUT2D eigenvalue weighted by Crippen LogP contribution is 2.24. The Labute approximate surface area is 157 Å². The first-order chi connectivity index (χ1) is 12.6. The molecule has 1 aliphatic heterocycles. The third-order valence-electron chi connectivity index (χ3n) is 4.37. The van der Waals surface area contributed by atoms with Crippen LogP contribution in [-0.4, -0.2) is 51.6 Å². The number of hydrogen-bond donors (Lipinski definition) is 0. The van der Waals surface area contributed by atoms with Crippen LogP contribution in [0.3, 0.4) is 0 Å². The van der Waals surface area contributed by atoms with Gasteiger partial charge in [-0.05, 0) is 31.2 Å². The molecule has 146 valence electrons. The summed E-state index contributed by atoms with van der Waals surface area (Å²) in [5.74, 6) is -2.05. The van der Waals surface area contributed by atoms with Gasteiger partial charge >= 0.3 is 0 Å². The fourth-order valence-electron chi connectivity index (χ4n) is 2.83. The monoisotopic (exact) mass is 416 g/mol. The first kappa shape index (κ1) is 19.9. The van der Waals surface area contributed by atoms with Crippen LogP contribution < -0.4 is 0 Å². The van der Waals surface area contributed by atoms with Crippen molar-refractivity contribution in [2.45, 2.75) is 16.7 Å². The van der Waals surface area contributed by atoms with Crippen molar-refractivity contribution in [3.05, 3.63) is 59.7 Å². The molecule has 0 aliphatic carbocycles. The first-order valence-electron chi connectivity index (χ1n) is 8.14. The maximum absolute atomic E-state index is 13.9. The molecule has 10 heteroatoms. The largest absolute Gasteiger partial charge is 0.246 e. The van der Waals surface area contributed by atoms with E-state index in [4.69, 9.17) is 0 Å². The van der Waals surface area contributed by atoms with Crippen molar-refractivity contribution in [1.29, 1.82) is 0 Å². The summed E-state index contributed by atoms with van der Waals surface area (Å²) in [6.45, 7) is 1.49. The third-order valence-corrected chi connectivity index (χ3v) is 8.21. The average Bonchev–Trinajstić information content (AvgIpc) is 2.62. The van der Waals surface area contributed by atoms with Crippen molar-refractivity contribution in [2.75, 3.05) is 26.2 Å². The number of sulfonamides is 2. The van der Waals surface area contributed by atoms with Crippen molar-refractivity contribution in [2.24, 2.45) is 0 Å². The van der Waals surface area contributed by atoms with Gasteiger partial charge < -0.3 is 0 Å². The van der Waals surface area contributed by atoms with Gasteiger partial charge in [-0.25, -0.2) is 25.6 Å². The summed E-state index contributed by atoms with van der Waals surface area (Å²) in [4.78, 5) is -0.493. The quantitative estimate of drug-likeness (QED) is 0.764. The predicted molar refractivity (Wildman–Crippen MR) is 95.1 cm³/mol. The fourth-order valence-corrected chi connectivity index (χ4v) is 5.72. The summed E-state index contributed by atoms with van der Waals surface area (Å²) < 4.78 is 79.6. The molecule has 1 saturated heterocycles. The maximum atomic E-state index is 13.9. The zero-order chi connectivity index (χ0) is 19.8. The van der Waals surface area contributed by atoms with Crippen LogP contribution in [0.1, 0.15) is 5.56 Å². The molecule has 3 rings (SSSR count). The van der Waals surface area contributed by atoms with E-state index in [1.807, 2.05) is 6.92 Å². The Morgan fingerprint density at radius 2 is 1.30 bits per heavy atom. The van der Waals surface area contributed by atoms with Gasteiger partial charge in [-0.3, -0.25) is 0 Å². The van der Waals surface area contributed by atoms with E-state index in [2.05, 4.69) is 0 Å². The lowest BCUT2D eigenvalue weighted by molar-refractivity contribution is 0.272. The summed E-state index contributed by atoms with van der Waals surface area (Å²) in [5, 5.41) is 0. The lowest BCUT2D eigenvalue weighted by Crippen LogP contribution is -2.50. The molecule has 0 bridgehead atoms. The van der Waals surface area contributed by atoms with Crippen LogP contribution >= 0.6 is 0 Å². The summed E-state index contributed by atoms with van der Waals surface area (Å²) in [6.07, 6.45) is 0. The number of rotatable bonds is 4. The van der Waals surface area contributed by atoms with Gasteiger partial charge in [0, 0.05) is 32.2 Å².